The van der Waals surface area contributed by atoms with Gasteiger partial charge >= 0.3 is 6.03 Å². The molecule has 8 heteroatoms. The molecule has 0 bridgehead atoms. The van der Waals surface area contributed by atoms with Crippen LogP contribution in [0.4, 0.5) is 4.79 Å². The fraction of sp³-hybridized carbons (Fsp3) is 0.227. The quantitative estimate of drug-likeness (QED) is 0.398. The molecule has 2 aromatic carbocycles. The molecule has 8 nitrogen and oxygen atoms in total. The second-order valence-corrected chi connectivity index (χ2v) is 7.63. The highest BCUT2D eigenvalue weighted by molar-refractivity contribution is 6.05. The zero-order valence-corrected chi connectivity index (χ0v) is 16.3. The standard InChI is InChI=1S/C22H20N4O4/c1-24-21(28)19-18-16(10-11-25(19)22(24)29)15-4-2-3-5-17(15)26(18)12-13-6-8-14(9-7-13)20(27)23-30/h2-9,19,30H,10-12H2,1H3,(H,23,27). The topological polar surface area (TPSA) is 94.9 Å². The van der Waals surface area contributed by atoms with Gasteiger partial charge in [0.05, 0.1) is 5.69 Å². The first-order valence-corrected chi connectivity index (χ1v) is 9.73. The Morgan fingerprint density at radius 1 is 1.13 bits per heavy atom. The van der Waals surface area contributed by atoms with Crippen LogP contribution in [0.3, 0.4) is 0 Å². The Labute approximate surface area is 172 Å². The molecule has 3 heterocycles. The van der Waals surface area contributed by atoms with Crippen molar-refractivity contribution in [1.82, 2.24) is 19.8 Å². The van der Waals surface area contributed by atoms with Gasteiger partial charge in [-0.05, 0) is 35.7 Å². The van der Waals surface area contributed by atoms with Gasteiger partial charge in [-0.3, -0.25) is 19.7 Å². The average molecular weight is 404 g/mol. The van der Waals surface area contributed by atoms with Crippen molar-refractivity contribution in [1.29, 1.82) is 0 Å². The number of amides is 4. The van der Waals surface area contributed by atoms with Crippen LogP contribution in [-0.2, 0) is 17.8 Å². The Kier molecular flexibility index (Phi) is 4.11. The van der Waals surface area contributed by atoms with Crippen LogP contribution in [0.5, 0.6) is 0 Å². The van der Waals surface area contributed by atoms with Crippen molar-refractivity contribution in [3.63, 3.8) is 0 Å². The van der Waals surface area contributed by atoms with Crippen molar-refractivity contribution >= 4 is 28.7 Å². The SMILES string of the molecule is CN1C(=O)C2c3c(c4ccccc4n3Cc3ccc(C(=O)NO)cc3)CCN2C1=O. The summed E-state index contributed by atoms with van der Waals surface area (Å²) in [6.07, 6.45) is 0.696. The number of aromatic nitrogens is 1. The van der Waals surface area contributed by atoms with Gasteiger partial charge in [0.25, 0.3) is 11.8 Å². The van der Waals surface area contributed by atoms with Crippen LogP contribution < -0.4 is 5.48 Å². The predicted molar refractivity (Wildman–Crippen MR) is 108 cm³/mol. The number of hydrogen-bond donors (Lipinski definition) is 2. The lowest BCUT2D eigenvalue weighted by molar-refractivity contribution is -0.127. The van der Waals surface area contributed by atoms with Gasteiger partial charge in [-0.2, -0.15) is 0 Å². The maximum Gasteiger partial charge on any atom is 0.327 e. The summed E-state index contributed by atoms with van der Waals surface area (Å²) in [4.78, 5) is 39.9. The van der Waals surface area contributed by atoms with Gasteiger partial charge in [-0.1, -0.05) is 30.3 Å². The lowest BCUT2D eigenvalue weighted by Crippen LogP contribution is -2.36. The fourth-order valence-corrected chi connectivity index (χ4v) is 4.58. The Morgan fingerprint density at radius 2 is 1.87 bits per heavy atom. The molecule has 30 heavy (non-hydrogen) atoms. The number of nitrogens with one attached hydrogen (secondary N) is 1. The highest BCUT2D eigenvalue weighted by Crippen LogP contribution is 2.41. The monoisotopic (exact) mass is 404 g/mol. The van der Waals surface area contributed by atoms with Gasteiger partial charge in [-0.25, -0.2) is 10.3 Å². The molecule has 1 unspecified atom stereocenters. The van der Waals surface area contributed by atoms with E-state index in [-0.39, 0.29) is 11.9 Å². The van der Waals surface area contributed by atoms with Crippen LogP contribution in [0, 0.1) is 0 Å². The van der Waals surface area contributed by atoms with Gasteiger partial charge in [0.15, 0.2) is 6.04 Å². The molecular weight excluding hydrogens is 384 g/mol. The molecule has 1 fully saturated rings. The molecule has 5 rings (SSSR count). The van der Waals surface area contributed by atoms with E-state index in [9.17, 15) is 14.4 Å². The summed E-state index contributed by atoms with van der Waals surface area (Å²) in [5.74, 6) is -0.779. The van der Waals surface area contributed by atoms with Crippen molar-refractivity contribution in [2.24, 2.45) is 0 Å². The highest BCUT2D eigenvalue weighted by atomic mass is 16.5. The lowest BCUT2D eigenvalue weighted by Gasteiger charge is -2.29. The Balaban J connectivity index is 1.63. The molecule has 0 spiro atoms. The van der Waals surface area contributed by atoms with E-state index in [1.165, 1.54) is 11.9 Å². The number of likely N-dealkylation sites (N-methyl/N-ethyl adjacent to an activating group) is 1. The number of nitrogens with zero attached hydrogens (tertiary/aromatic N) is 3. The number of fused-ring (bicyclic) bond motifs is 5. The minimum absolute atomic E-state index is 0.208. The summed E-state index contributed by atoms with van der Waals surface area (Å²) in [6, 6.07) is 14.1. The molecule has 3 aromatic rings. The van der Waals surface area contributed by atoms with Gasteiger partial charge in [-0.15, -0.1) is 0 Å². The average Bonchev–Trinajstić information content (AvgIpc) is 3.21. The molecule has 2 N–H and O–H groups in total. The number of carbonyl (C=O) groups excluding carboxylic acids is 3. The first-order chi connectivity index (χ1) is 14.5. The third-order valence-electron chi connectivity index (χ3n) is 6.05. The molecule has 0 aliphatic carbocycles. The number of hydroxylamine groups is 1. The van der Waals surface area contributed by atoms with Crippen LogP contribution in [-0.4, -0.2) is 51.0 Å². The smallest absolute Gasteiger partial charge is 0.327 e. The van der Waals surface area contributed by atoms with E-state index in [1.54, 1.807) is 22.5 Å². The van der Waals surface area contributed by atoms with E-state index < -0.39 is 11.9 Å². The first kappa shape index (κ1) is 18.4. The van der Waals surface area contributed by atoms with E-state index in [0.29, 0.717) is 25.1 Å². The molecule has 0 saturated carbocycles. The summed E-state index contributed by atoms with van der Waals surface area (Å²) in [7, 11) is 1.53. The number of carbonyl (C=O) groups is 3. The van der Waals surface area contributed by atoms with E-state index in [0.717, 1.165) is 27.7 Å². The summed E-state index contributed by atoms with van der Waals surface area (Å²) in [6.45, 7) is 1.01. The molecule has 1 saturated heterocycles. The Bertz CT molecular complexity index is 1200. The van der Waals surface area contributed by atoms with Crippen LogP contribution in [0.25, 0.3) is 10.9 Å². The van der Waals surface area contributed by atoms with Crippen molar-refractivity contribution in [2.75, 3.05) is 13.6 Å². The number of para-hydroxylation sites is 1. The number of urea groups is 1. The molecule has 1 aromatic heterocycles. The molecular formula is C22H20N4O4. The molecule has 0 radical (unpaired) electrons. The minimum atomic E-state index is -0.613. The fourth-order valence-electron chi connectivity index (χ4n) is 4.58. The zero-order valence-electron chi connectivity index (χ0n) is 16.3. The number of benzene rings is 2. The van der Waals surface area contributed by atoms with Gasteiger partial charge < -0.3 is 9.47 Å². The van der Waals surface area contributed by atoms with Crippen LogP contribution in [0.2, 0.25) is 0 Å². The molecule has 1 atom stereocenters. The number of imide groups is 1. The normalized spacial score (nSPS) is 18.0. The molecule has 152 valence electrons. The van der Waals surface area contributed by atoms with E-state index in [2.05, 4.69) is 10.6 Å². The Morgan fingerprint density at radius 3 is 2.60 bits per heavy atom. The molecule has 4 amide bonds. The van der Waals surface area contributed by atoms with E-state index in [1.807, 2.05) is 30.3 Å². The number of hydrogen-bond acceptors (Lipinski definition) is 4. The summed E-state index contributed by atoms with van der Waals surface area (Å²) in [5.41, 5.74) is 5.90. The summed E-state index contributed by atoms with van der Waals surface area (Å²) in [5, 5.41) is 9.89. The summed E-state index contributed by atoms with van der Waals surface area (Å²) < 4.78 is 2.10. The van der Waals surface area contributed by atoms with Crippen molar-refractivity contribution < 1.29 is 19.6 Å². The third-order valence-corrected chi connectivity index (χ3v) is 6.05. The summed E-state index contributed by atoms with van der Waals surface area (Å²) >= 11 is 0. The maximum absolute atomic E-state index is 12.9. The largest absolute Gasteiger partial charge is 0.337 e. The van der Waals surface area contributed by atoms with Crippen molar-refractivity contribution in [3.05, 3.63) is 70.9 Å². The molecule has 2 aliphatic rings. The van der Waals surface area contributed by atoms with Crippen LogP contribution in [0.15, 0.2) is 48.5 Å². The van der Waals surface area contributed by atoms with Crippen molar-refractivity contribution in [2.45, 2.75) is 19.0 Å². The highest BCUT2D eigenvalue weighted by Gasteiger charge is 2.48. The van der Waals surface area contributed by atoms with Gasteiger partial charge in [0, 0.05) is 36.6 Å². The zero-order chi connectivity index (χ0) is 21.0. The predicted octanol–water partition coefficient (Wildman–Crippen LogP) is 2.30. The lowest BCUT2D eigenvalue weighted by atomic mass is 9.98. The minimum Gasteiger partial charge on any atom is -0.337 e. The second-order valence-electron chi connectivity index (χ2n) is 7.63. The van der Waals surface area contributed by atoms with Gasteiger partial charge in [0.2, 0.25) is 0 Å². The number of rotatable bonds is 3. The maximum atomic E-state index is 12.9. The second kappa shape index (κ2) is 6.70. The van der Waals surface area contributed by atoms with Crippen molar-refractivity contribution in [3.8, 4) is 0 Å². The third kappa shape index (κ3) is 2.54. The van der Waals surface area contributed by atoms with E-state index in [4.69, 9.17) is 5.21 Å². The van der Waals surface area contributed by atoms with Crippen LogP contribution in [0.1, 0.15) is 33.2 Å². The molecule has 2 aliphatic heterocycles. The van der Waals surface area contributed by atoms with Gasteiger partial charge in [0.1, 0.15) is 0 Å². The van der Waals surface area contributed by atoms with E-state index >= 15 is 0 Å². The Hall–Kier alpha value is -3.65. The van der Waals surface area contributed by atoms with Crippen LogP contribution >= 0.6 is 0 Å². The first-order valence-electron chi connectivity index (χ1n) is 9.73.